The van der Waals surface area contributed by atoms with Gasteiger partial charge in [0.2, 0.25) is 5.91 Å². The number of rotatable bonds is 2. The molecule has 1 N–H and O–H groups in total. The SMILES string of the molecule is Cc1ccc([C@@H]2SCC(=O)Nc3c2c(C)nn3-c2ccc(C)cc2)cc1. The Morgan fingerprint density at radius 1 is 1.00 bits per heavy atom. The van der Waals surface area contributed by atoms with Crippen molar-refractivity contribution in [3.8, 4) is 5.69 Å². The van der Waals surface area contributed by atoms with Crippen molar-refractivity contribution in [1.29, 1.82) is 0 Å². The summed E-state index contributed by atoms with van der Waals surface area (Å²) < 4.78 is 1.86. The molecule has 132 valence electrons. The zero-order chi connectivity index (χ0) is 18.3. The predicted octanol–water partition coefficient (Wildman–Crippen LogP) is 4.57. The van der Waals surface area contributed by atoms with Gasteiger partial charge in [0, 0.05) is 5.56 Å². The fraction of sp³-hybridized carbons (Fsp3) is 0.238. The third kappa shape index (κ3) is 3.03. The number of amides is 1. The normalized spacial score (nSPS) is 16.7. The van der Waals surface area contributed by atoms with Crippen molar-refractivity contribution < 1.29 is 4.79 Å². The van der Waals surface area contributed by atoms with Crippen LogP contribution in [0.3, 0.4) is 0 Å². The van der Waals surface area contributed by atoms with Gasteiger partial charge in [-0.1, -0.05) is 47.5 Å². The standard InChI is InChI=1S/C21H21N3OS/c1-13-4-8-16(9-5-13)20-19-15(3)23-24(17-10-6-14(2)7-11-17)21(19)22-18(25)12-26-20/h4-11,20H,12H2,1-3H3,(H,22,25)/t20-/m0/s1. The molecule has 0 saturated carbocycles. The lowest BCUT2D eigenvalue weighted by Gasteiger charge is -2.15. The molecular formula is C21H21N3OS. The van der Waals surface area contributed by atoms with Gasteiger partial charge in [0.25, 0.3) is 0 Å². The van der Waals surface area contributed by atoms with Crippen molar-refractivity contribution in [3.05, 3.63) is 76.5 Å². The second-order valence-corrected chi connectivity index (χ2v) is 7.84. The molecule has 0 fully saturated rings. The molecule has 0 spiro atoms. The first-order chi connectivity index (χ1) is 12.5. The lowest BCUT2D eigenvalue weighted by Crippen LogP contribution is -2.15. The second kappa shape index (κ2) is 6.65. The van der Waals surface area contributed by atoms with Crippen molar-refractivity contribution in [1.82, 2.24) is 9.78 Å². The van der Waals surface area contributed by atoms with Gasteiger partial charge in [0.1, 0.15) is 5.82 Å². The van der Waals surface area contributed by atoms with E-state index in [9.17, 15) is 4.79 Å². The van der Waals surface area contributed by atoms with Crippen LogP contribution in [-0.4, -0.2) is 21.4 Å². The summed E-state index contributed by atoms with van der Waals surface area (Å²) in [5, 5.41) is 7.91. The molecule has 1 aromatic heterocycles. The topological polar surface area (TPSA) is 46.9 Å². The molecule has 1 aliphatic heterocycles. The van der Waals surface area contributed by atoms with E-state index in [-0.39, 0.29) is 11.2 Å². The highest BCUT2D eigenvalue weighted by atomic mass is 32.2. The Morgan fingerprint density at radius 3 is 2.27 bits per heavy atom. The molecule has 2 heterocycles. The molecule has 4 nitrogen and oxygen atoms in total. The average Bonchev–Trinajstić information content (AvgIpc) is 2.83. The van der Waals surface area contributed by atoms with E-state index in [0.29, 0.717) is 5.75 Å². The van der Waals surface area contributed by atoms with Crippen LogP contribution in [0, 0.1) is 20.8 Å². The van der Waals surface area contributed by atoms with Crippen molar-refractivity contribution >= 4 is 23.5 Å². The average molecular weight is 363 g/mol. The lowest BCUT2D eigenvalue weighted by molar-refractivity contribution is -0.113. The van der Waals surface area contributed by atoms with Crippen LogP contribution in [0.2, 0.25) is 0 Å². The maximum Gasteiger partial charge on any atom is 0.235 e. The summed E-state index contributed by atoms with van der Waals surface area (Å²) in [6, 6.07) is 16.7. The Hall–Kier alpha value is -2.53. The number of carbonyl (C=O) groups is 1. The predicted molar refractivity (Wildman–Crippen MR) is 107 cm³/mol. The number of nitrogens with zero attached hydrogens (tertiary/aromatic N) is 2. The van der Waals surface area contributed by atoms with E-state index in [1.807, 2.05) is 23.7 Å². The summed E-state index contributed by atoms with van der Waals surface area (Å²) in [6.45, 7) is 6.16. The van der Waals surface area contributed by atoms with Crippen LogP contribution >= 0.6 is 11.8 Å². The van der Waals surface area contributed by atoms with E-state index >= 15 is 0 Å². The molecule has 3 aromatic rings. The molecule has 26 heavy (non-hydrogen) atoms. The van der Waals surface area contributed by atoms with Crippen LogP contribution < -0.4 is 5.32 Å². The Morgan fingerprint density at radius 2 is 1.62 bits per heavy atom. The molecule has 1 aliphatic rings. The monoisotopic (exact) mass is 363 g/mol. The Balaban J connectivity index is 1.87. The zero-order valence-corrected chi connectivity index (χ0v) is 15.9. The zero-order valence-electron chi connectivity index (χ0n) is 15.1. The Kier molecular flexibility index (Phi) is 4.32. The van der Waals surface area contributed by atoms with E-state index in [1.165, 1.54) is 16.7 Å². The molecule has 5 heteroatoms. The van der Waals surface area contributed by atoms with Gasteiger partial charge in [0.15, 0.2) is 0 Å². The maximum absolute atomic E-state index is 12.4. The van der Waals surface area contributed by atoms with Gasteiger partial charge >= 0.3 is 0 Å². The van der Waals surface area contributed by atoms with Crippen LogP contribution in [0.25, 0.3) is 5.69 Å². The smallest absolute Gasteiger partial charge is 0.235 e. The highest BCUT2D eigenvalue weighted by Gasteiger charge is 2.30. The van der Waals surface area contributed by atoms with Crippen molar-refractivity contribution in [2.75, 3.05) is 11.1 Å². The van der Waals surface area contributed by atoms with Crippen LogP contribution in [0.5, 0.6) is 0 Å². The van der Waals surface area contributed by atoms with Crippen molar-refractivity contribution in [2.45, 2.75) is 26.0 Å². The fourth-order valence-electron chi connectivity index (χ4n) is 3.26. The number of fused-ring (bicyclic) bond motifs is 1. The van der Waals surface area contributed by atoms with Gasteiger partial charge in [0.05, 0.1) is 22.4 Å². The molecule has 2 aromatic carbocycles. The van der Waals surface area contributed by atoms with Gasteiger partial charge in [-0.2, -0.15) is 5.10 Å². The van der Waals surface area contributed by atoms with Gasteiger partial charge in [-0.3, -0.25) is 4.79 Å². The molecule has 0 saturated heterocycles. The highest BCUT2D eigenvalue weighted by Crippen LogP contribution is 2.43. The van der Waals surface area contributed by atoms with Gasteiger partial charge in [-0.25, -0.2) is 4.68 Å². The molecule has 0 bridgehead atoms. The van der Waals surface area contributed by atoms with Gasteiger partial charge in [-0.05, 0) is 38.5 Å². The lowest BCUT2D eigenvalue weighted by atomic mass is 10.0. The highest BCUT2D eigenvalue weighted by molar-refractivity contribution is 8.00. The number of thioether (sulfide) groups is 1. The quantitative estimate of drug-likeness (QED) is 0.725. The summed E-state index contributed by atoms with van der Waals surface area (Å²) in [7, 11) is 0. The first kappa shape index (κ1) is 16.9. The number of aryl methyl sites for hydroxylation is 3. The number of carbonyl (C=O) groups excluding carboxylic acids is 1. The first-order valence-corrected chi connectivity index (χ1v) is 9.72. The van der Waals surface area contributed by atoms with Gasteiger partial charge < -0.3 is 5.32 Å². The number of anilines is 1. The molecule has 0 unspecified atom stereocenters. The third-order valence-electron chi connectivity index (χ3n) is 4.67. The minimum Gasteiger partial charge on any atom is -0.310 e. The second-order valence-electron chi connectivity index (χ2n) is 6.74. The van der Waals surface area contributed by atoms with E-state index in [2.05, 4.69) is 55.6 Å². The number of nitrogens with one attached hydrogen (secondary N) is 1. The molecule has 1 amide bonds. The van der Waals surface area contributed by atoms with E-state index in [1.54, 1.807) is 11.8 Å². The van der Waals surface area contributed by atoms with E-state index in [0.717, 1.165) is 22.8 Å². The minimum atomic E-state index is 0.0131. The minimum absolute atomic E-state index is 0.0131. The third-order valence-corrected chi connectivity index (χ3v) is 5.94. The van der Waals surface area contributed by atoms with Gasteiger partial charge in [-0.15, -0.1) is 11.8 Å². The van der Waals surface area contributed by atoms with E-state index < -0.39 is 0 Å². The van der Waals surface area contributed by atoms with Crippen LogP contribution in [0.15, 0.2) is 48.5 Å². The largest absolute Gasteiger partial charge is 0.310 e. The number of hydrogen-bond acceptors (Lipinski definition) is 3. The van der Waals surface area contributed by atoms with Crippen molar-refractivity contribution in [2.24, 2.45) is 0 Å². The van der Waals surface area contributed by atoms with Crippen LogP contribution in [0.4, 0.5) is 5.82 Å². The van der Waals surface area contributed by atoms with E-state index in [4.69, 9.17) is 5.10 Å². The number of aromatic nitrogens is 2. The maximum atomic E-state index is 12.4. The summed E-state index contributed by atoms with van der Waals surface area (Å²) in [5.41, 5.74) is 6.61. The van der Waals surface area contributed by atoms with Crippen molar-refractivity contribution in [3.63, 3.8) is 0 Å². The summed E-state index contributed by atoms with van der Waals surface area (Å²) in [4.78, 5) is 12.4. The Labute approximate surface area is 157 Å². The number of benzene rings is 2. The molecular weight excluding hydrogens is 342 g/mol. The fourth-order valence-corrected chi connectivity index (χ4v) is 4.45. The van der Waals surface area contributed by atoms with Crippen LogP contribution in [-0.2, 0) is 4.79 Å². The molecule has 4 rings (SSSR count). The Bertz CT molecular complexity index is 958. The first-order valence-electron chi connectivity index (χ1n) is 8.67. The number of hydrogen-bond donors (Lipinski definition) is 1. The summed E-state index contributed by atoms with van der Waals surface area (Å²) in [5.74, 6) is 1.23. The molecule has 0 aliphatic carbocycles. The summed E-state index contributed by atoms with van der Waals surface area (Å²) >= 11 is 1.65. The molecule has 1 atom stereocenters. The summed E-state index contributed by atoms with van der Waals surface area (Å²) in [6.07, 6.45) is 0. The van der Waals surface area contributed by atoms with Crippen LogP contribution in [0.1, 0.15) is 33.2 Å². The molecule has 0 radical (unpaired) electrons.